The molecular weight excluding hydrogens is 410 g/mol. The Balaban J connectivity index is 1.78. The molecule has 0 unspecified atom stereocenters. The molecule has 4 nitrogen and oxygen atoms in total. The van der Waals surface area contributed by atoms with Crippen molar-refractivity contribution in [2.75, 3.05) is 0 Å². The summed E-state index contributed by atoms with van der Waals surface area (Å²) in [6.07, 6.45) is 0. The molecule has 4 rings (SSSR count). The molecule has 30 heavy (non-hydrogen) atoms. The van der Waals surface area contributed by atoms with Crippen molar-refractivity contribution in [1.82, 2.24) is 10.4 Å². The fraction of sp³-hybridized carbons (Fsp3) is 0. The lowest BCUT2D eigenvalue weighted by Gasteiger charge is -2.26. The molecule has 2 N–H and O–H groups in total. The average Bonchev–Trinajstić information content (AvgIpc) is 2.84. The molecule has 0 fully saturated rings. The van der Waals surface area contributed by atoms with E-state index >= 15 is 0 Å². The lowest BCUT2D eigenvalue weighted by atomic mass is 10.4. The highest BCUT2D eigenvalue weighted by Crippen LogP contribution is 2.43. The van der Waals surface area contributed by atoms with E-state index in [9.17, 15) is 9.13 Å². The van der Waals surface area contributed by atoms with E-state index in [0.29, 0.717) is 21.2 Å². The summed E-state index contributed by atoms with van der Waals surface area (Å²) in [6, 6.07) is 36.8. The molecule has 0 saturated heterocycles. The largest absolute Gasteiger partial charge is 0.295 e. The number of hydrogen-bond acceptors (Lipinski definition) is 2. The standard InChI is InChI=1S/C24H22N2O2P2/c27-29(21-13-5-1-6-14-21,22-15-7-2-8-16-22)25-26-30(28,23-17-9-3-10-18-23)24-19-11-4-12-20-24/h1-20H,(H,25,27)(H,26,28). The summed E-state index contributed by atoms with van der Waals surface area (Å²) in [5.41, 5.74) is 0. The number of hydrazine groups is 1. The van der Waals surface area contributed by atoms with Crippen LogP contribution in [0.15, 0.2) is 121 Å². The normalized spacial score (nSPS) is 11.9. The second-order valence-electron chi connectivity index (χ2n) is 6.78. The minimum atomic E-state index is -3.29. The highest BCUT2D eigenvalue weighted by Gasteiger charge is 2.33. The molecule has 0 radical (unpaired) electrons. The van der Waals surface area contributed by atoms with E-state index in [4.69, 9.17) is 0 Å². The molecule has 0 heterocycles. The maximum absolute atomic E-state index is 14.2. The van der Waals surface area contributed by atoms with Crippen LogP contribution in [0.1, 0.15) is 0 Å². The molecule has 0 saturated carbocycles. The van der Waals surface area contributed by atoms with Gasteiger partial charge in [0.05, 0.1) is 0 Å². The van der Waals surface area contributed by atoms with Gasteiger partial charge in [0.2, 0.25) is 14.6 Å². The Bertz CT molecular complexity index is 1000. The molecule has 0 spiro atoms. The zero-order chi connectivity index (χ0) is 20.9. The molecule has 0 aromatic heterocycles. The Kier molecular flexibility index (Phi) is 6.13. The van der Waals surface area contributed by atoms with Gasteiger partial charge in [-0.05, 0) is 48.5 Å². The van der Waals surface area contributed by atoms with E-state index < -0.39 is 14.6 Å². The molecule has 0 aliphatic rings. The first-order valence-electron chi connectivity index (χ1n) is 9.60. The van der Waals surface area contributed by atoms with Crippen LogP contribution in [0.4, 0.5) is 0 Å². The van der Waals surface area contributed by atoms with Gasteiger partial charge < -0.3 is 0 Å². The van der Waals surface area contributed by atoms with Crippen LogP contribution >= 0.6 is 14.6 Å². The quantitative estimate of drug-likeness (QED) is 0.343. The minimum Gasteiger partial charge on any atom is -0.295 e. The molecule has 4 aromatic rings. The minimum absolute atomic E-state index is 0.636. The Morgan fingerprint density at radius 3 is 0.767 bits per heavy atom. The van der Waals surface area contributed by atoms with Crippen molar-refractivity contribution in [2.24, 2.45) is 0 Å². The molecule has 0 aliphatic carbocycles. The average molecular weight is 432 g/mol. The number of nitrogens with one attached hydrogen (secondary N) is 2. The van der Waals surface area contributed by atoms with Crippen LogP contribution in [-0.4, -0.2) is 0 Å². The second-order valence-corrected chi connectivity index (χ2v) is 11.7. The van der Waals surface area contributed by atoms with E-state index in [0.717, 1.165) is 0 Å². The third kappa shape index (κ3) is 4.09. The van der Waals surface area contributed by atoms with Crippen LogP contribution in [0.2, 0.25) is 0 Å². The number of hydrogen-bond donors (Lipinski definition) is 2. The van der Waals surface area contributed by atoms with Gasteiger partial charge in [-0.2, -0.15) is 10.4 Å². The molecule has 4 aromatic carbocycles. The smallest absolute Gasteiger partial charge is 0.217 e. The van der Waals surface area contributed by atoms with Crippen molar-refractivity contribution in [2.45, 2.75) is 0 Å². The lowest BCUT2D eigenvalue weighted by Crippen LogP contribution is -2.40. The van der Waals surface area contributed by atoms with Gasteiger partial charge in [-0.1, -0.05) is 72.8 Å². The van der Waals surface area contributed by atoms with Crippen molar-refractivity contribution in [3.05, 3.63) is 121 Å². The van der Waals surface area contributed by atoms with E-state index in [1.54, 1.807) is 0 Å². The second kappa shape index (κ2) is 8.95. The van der Waals surface area contributed by atoms with Gasteiger partial charge in [0, 0.05) is 21.2 Å². The molecule has 0 atom stereocenters. The highest BCUT2D eigenvalue weighted by atomic mass is 31.2. The number of rotatable bonds is 7. The summed E-state index contributed by atoms with van der Waals surface area (Å²) in [5, 5.41) is 8.56. The third-order valence-electron chi connectivity index (χ3n) is 4.84. The Hall–Kier alpha value is -2.74. The van der Waals surface area contributed by atoms with Gasteiger partial charge >= 0.3 is 0 Å². The van der Waals surface area contributed by atoms with Crippen molar-refractivity contribution in [1.29, 1.82) is 0 Å². The van der Waals surface area contributed by atoms with Gasteiger partial charge in [-0.3, -0.25) is 9.13 Å². The lowest BCUT2D eigenvalue weighted by molar-refractivity contribution is 0.562. The number of benzene rings is 4. The van der Waals surface area contributed by atoms with Crippen LogP contribution in [0, 0.1) is 0 Å². The van der Waals surface area contributed by atoms with E-state index in [-0.39, 0.29) is 0 Å². The Morgan fingerprint density at radius 1 is 0.367 bits per heavy atom. The van der Waals surface area contributed by atoms with Crippen LogP contribution in [-0.2, 0) is 9.13 Å². The topological polar surface area (TPSA) is 58.2 Å². The van der Waals surface area contributed by atoms with Crippen LogP contribution in [0.3, 0.4) is 0 Å². The van der Waals surface area contributed by atoms with Crippen LogP contribution in [0.5, 0.6) is 0 Å². The fourth-order valence-corrected chi connectivity index (χ4v) is 7.86. The van der Waals surface area contributed by atoms with Gasteiger partial charge in [0.1, 0.15) is 0 Å². The molecule has 0 bridgehead atoms. The van der Waals surface area contributed by atoms with Gasteiger partial charge in [0.15, 0.2) is 0 Å². The van der Waals surface area contributed by atoms with Crippen molar-refractivity contribution in [3.8, 4) is 0 Å². The Labute approximate surface area is 176 Å². The summed E-state index contributed by atoms with van der Waals surface area (Å²) >= 11 is 0. The van der Waals surface area contributed by atoms with Crippen molar-refractivity contribution in [3.63, 3.8) is 0 Å². The Morgan fingerprint density at radius 2 is 0.567 bits per heavy atom. The monoisotopic (exact) mass is 432 g/mol. The molecular formula is C24H22N2O2P2. The van der Waals surface area contributed by atoms with Crippen molar-refractivity contribution >= 4 is 35.8 Å². The first-order valence-corrected chi connectivity index (χ1v) is 13.0. The summed E-state index contributed by atoms with van der Waals surface area (Å²) in [7, 11) is -6.59. The molecule has 0 aliphatic heterocycles. The maximum atomic E-state index is 14.2. The SMILES string of the molecule is O=P(NNP(=O)(c1ccccc1)c1ccccc1)(c1ccccc1)c1ccccc1. The first kappa shape index (κ1) is 20.5. The summed E-state index contributed by atoms with van der Waals surface area (Å²) in [6.45, 7) is 0. The van der Waals surface area contributed by atoms with Gasteiger partial charge in [0.25, 0.3) is 0 Å². The van der Waals surface area contributed by atoms with Crippen molar-refractivity contribution < 1.29 is 9.13 Å². The zero-order valence-electron chi connectivity index (χ0n) is 16.3. The van der Waals surface area contributed by atoms with Gasteiger partial charge in [-0.25, -0.2) is 0 Å². The predicted octanol–water partition coefficient (Wildman–Crippen LogP) is 3.94. The summed E-state index contributed by atoms with van der Waals surface area (Å²) < 4.78 is 28.5. The fourth-order valence-electron chi connectivity index (χ4n) is 3.25. The van der Waals surface area contributed by atoms with Crippen LogP contribution < -0.4 is 31.6 Å². The summed E-state index contributed by atoms with van der Waals surface area (Å²) in [5.74, 6) is 0. The van der Waals surface area contributed by atoms with Gasteiger partial charge in [-0.15, -0.1) is 0 Å². The molecule has 0 amide bonds. The molecule has 6 heteroatoms. The van der Waals surface area contributed by atoms with E-state index in [1.165, 1.54) is 0 Å². The maximum Gasteiger partial charge on any atom is 0.217 e. The van der Waals surface area contributed by atoms with Crippen LogP contribution in [0.25, 0.3) is 0 Å². The third-order valence-corrected chi connectivity index (χ3v) is 9.98. The summed E-state index contributed by atoms with van der Waals surface area (Å²) in [4.78, 5) is 0. The highest BCUT2D eigenvalue weighted by molar-refractivity contribution is 7.79. The van der Waals surface area contributed by atoms with E-state index in [2.05, 4.69) is 10.4 Å². The molecule has 150 valence electrons. The van der Waals surface area contributed by atoms with E-state index in [1.807, 2.05) is 121 Å². The predicted molar refractivity (Wildman–Crippen MR) is 126 cm³/mol. The zero-order valence-corrected chi connectivity index (χ0v) is 18.0. The first-order chi connectivity index (χ1) is 14.6.